The van der Waals surface area contributed by atoms with Gasteiger partial charge in [-0.25, -0.2) is 0 Å². The Labute approximate surface area is 219 Å². The van der Waals surface area contributed by atoms with E-state index in [1.807, 2.05) is 6.92 Å². The van der Waals surface area contributed by atoms with Gasteiger partial charge in [0.25, 0.3) is 0 Å². The minimum absolute atomic E-state index is 0.0326. The quantitative estimate of drug-likeness (QED) is 0.419. The lowest BCUT2D eigenvalue weighted by atomic mass is 9.34. The van der Waals surface area contributed by atoms with E-state index in [0.29, 0.717) is 23.8 Å². The molecule has 2 amide bonds. The fourth-order valence-corrected chi connectivity index (χ4v) is 9.94. The van der Waals surface area contributed by atoms with E-state index >= 15 is 0 Å². The number of hydrogen-bond acceptors (Lipinski definition) is 4. The maximum atomic E-state index is 14.3. The molecule has 1 heterocycles. The third-order valence-corrected chi connectivity index (χ3v) is 11.5. The Hall–Kier alpha value is -2.63. The highest BCUT2D eigenvalue weighted by atomic mass is 16.5. The summed E-state index contributed by atoms with van der Waals surface area (Å²) in [6, 6.07) is 7.20. The normalized spacial score (nSPS) is 42.3. The molecule has 37 heavy (non-hydrogen) atoms. The van der Waals surface area contributed by atoms with Gasteiger partial charge in [-0.2, -0.15) is 0 Å². The molecular formula is C31H39NO5. The van der Waals surface area contributed by atoms with Crippen molar-refractivity contribution >= 4 is 23.5 Å². The number of imide groups is 1. The van der Waals surface area contributed by atoms with Gasteiger partial charge in [-0.15, -0.1) is 0 Å². The van der Waals surface area contributed by atoms with Crippen LogP contribution >= 0.6 is 0 Å². The van der Waals surface area contributed by atoms with Crippen LogP contribution in [0.2, 0.25) is 0 Å². The van der Waals surface area contributed by atoms with Crippen LogP contribution in [0.1, 0.15) is 66.2 Å². The summed E-state index contributed by atoms with van der Waals surface area (Å²) in [5.74, 6) is -0.213. The van der Waals surface area contributed by atoms with Gasteiger partial charge in [0.2, 0.25) is 11.8 Å². The van der Waals surface area contributed by atoms with Gasteiger partial charge < -0.3 is 9.84 Å². The zero-order valence-corrected chi connectivity index (χ0v) is 22.6. The van der Waals surface area contributed by atoms with E-state index in [1.165, 1.54) is 10.5 Å². The number of ether oxygens (including phenoxy) is 1. The molecule has 6 heteroatoms. The van der Waals surface area contributed by atoms with Gasteiger partial charge in [0, 0.05) is 5.41 Å². The molecule has 1 saturated heterocycles. The number of hydrogen-bond donors (Lipinski definition) is 1. The molecule has 6 nitrogen and oxygen atoms in total. The summed E-state index contributed by atoms with van der Waals surface area (Å²) in [4.78, 5) is 42.3. The monoisotopic (exact) mass is 505 g/mol. The largest absolute Gasteiger partial charge is 0.497 e. The fraction of sp³-hybridized carbons (Fsp3) is 0.645. The third kappa shape index (κ3) is 3.01. The Bertz CT molecular complexity index is 1200. The van der Waals surface area contributed by atoms with Gasteiger partial charge in [0.15, 0.2) is 0 Å². The van der Waals surface area contributed by atoms with Crippen LogP contribution in [-0.2, 0) is 14.4 Å². The maximum Gasteiger partial charge on any atom is 0.309 e. The number of aliphatic carboxylic acids is 1. The summed E-state index contributed by atoms with van der Waals surface area (Å²) in [6.45, 7) is 8.66. The number of nitrogens with zero attached hydrogens (tertiary/aromatic N) is 1. The van der Waals surface area contributed by atoms with E-state index in [1.54, 1.807) is 31.4 Å². The summed E-state index contributed by atoms with van der Waals surface area (Å²) < 4.78 is 5.29. The molecule has 1 aromatic carbocycles. The Balaban J connectivity index is 1.47. The highest BCUT2D eigenvalue weighted by molar-refractivity contribution is 6.23. The zero-order valence-electron chi connectivity index (χ0n) is 22.6. The number of carbonyl (C=O) groups excluding carboxylic acids is 2. The average Bonchev–Trinajstić information content (AvgIpc) is 3.15. The van der Waals surface area contributed by atoms with Crippen molar-refractivity contribution in [1.82, 2.24) is 0 Å². The summed E-state index contributed by atoms with van der Waals surface area (Å²) in [6.07, 6.45) is 7.47. The molecule has 0 radical (unpaired) electrons. The van der Waals surface area contributed by atoms with Crippen LogP contribution in [0, 0.1) is 51.8 Å². The summed E-state index contributed by atoms with van der Waals surface area (Å²) in [5.41, 5.74) is 0.645. The lowest BCUT2D eigenvalue weighted by molar-refractivity contribution is -0.194. The minimum Gasteiger partial charge on any atom is -0.497 e. The van der Waals surface area contributed by atoms with Crippen LogP contribution in [-0.4, -0.2) is 30.0 Å². The Kier molecular flexibility index (Phi) is 5.30. The Morgan fingerprint density at radius 2 is 1.76 bits per heavy atom. The van der Waals surface area contributed by atoms with Crippen molar-refractivity contribution in [2.75, 3.05) is 12.0 Å². The fourth-order valence-electron chi connectivity index (χ4n) is 9.94. The van der Waals surface area contributed by atoms with Crippen LogP contribution in [0.5, 0.6) is 5.75 Å². The van der Waals surface area contributed by atoms with Crippen molar-refractivity contribution in [3.05, 3.63) is 35.9 Å². The first-order valence-electron chi connectivity index (χ1n) is 14.0. The molecule has 3 saturated carbocycles. The van der Waals surface area contributed by atoms with E-state index in [2.05, 4.69) is 26.8 Å². The number of carbonyl (C=O) groups is 3. The topological polar surface area (TPSA) is 83.9 Å². The number of fused-ring (bicyclic) bond motifs is 1. The van der Waals surface area contributed by atoms with E-state index in [4.69, 9.17) is 4.74 Å². The predicted molar refractivity (Wildman–Crippen MR) is 140 cm³/mol. The standard InChI is InChI=1S/C31H39NO5/c1-17(2)21-16-31-14-11-22-29(3,12-6-13-30(22,4)28(35)36)23(31)15-20(21)24-25(31)27(34)32(26(24)33)18-7-9-19(37-5)10-8-18/h7-10,16-17,20,22-25H,6,11-15H2,1-5H3,(H,35,36)/t20-,22+,23-,24+,25-,29-,30+,31+/m0/s1. The van der Waals surface area contributed by atoms with Gasteiger partial charge in [0.1, 0.15) is 5.75 Å². The van der Waals surface area contributed by atoms with E-state index < -0.39 is 16.8 Å². The summed E-state index contributed by atoms with van der Waals surface area (Å²) >= 11 is 0. The Morgan fingerprint density at radius 3 is 2.38 bits per heavy atom. The molecule has 1 N–H and O–H groups in total. The van der Waals surface area contributed by atoms with Crippen LogP contribution in [0.15, 0.2) is 35.9 Å². The van der Waals surface area contributed by atoms with Gasteiger partial charge in [-0.1, -0.05) is 38.8 Å². The minimum atomic E-state index is -0.736. The number of amides is 2. The smallest absolute Gasteiger partial charge is 0.309 e. The van der Waals surface area contributed by atoms with Crippen LogP contribution in [0.4, 0.5) is 5.69 Å². The number of carboxylic acid groups (broad SMARTS) is 1. The molecule has 4 fully saturated rings. The number of carboxylic acids is 1. The van der Waals surface area contributed by atoms with Crippen LogP contribution in [0.25, 0.3) is 0 Å². The van der Waals surface area contributed by atoms with Gasteiger partial charge >= 0.3 is 5.97 Å². The highest BCUT2D eigenvalue weighted by Crippen LogP contribution is 2.74. The zero-order chi connectivity index (χ0) is 26.5. The molecule has 6 aliphatic rings. The SMILES string of the molecule is COc1ccc(N2C(=O)[C@H]3[C@@H](C2=O)[C@]24C=C(C(C)C)[C@@H]3C[C@H]2[C@@]2(C)CCC[C@@](C)(C(=O)O)[C@@H]2CC4)cc1. The van der Waals surface area contributed by atoms with Crippen molar-refractivity contribution < 1.29 is 24.2 Å². The van der Waals surface area contributed by atoms with Crippen LogP contribution < -0.4 is 9.64 Å². The Morgan fingerprint density at radius 1 is 1.05 bits per heavy atom. The summed E-state index contributed by atoms with van der Waals surface area (Å²) in [5, 5.41) is 10.3. The summed E-state index contributed by atoms with van der Waals surface area (Å²) in [7, 11) is 1.60. The lowest BCUT2D eigenvalue weighted by Gasteiger charge is -2.68. The number of benzene rings is 1. The molecule has 1 aromatic rings. The van der Waals surface area contributed by atoms with Crippen molar-refractivity contribution in [3.63, 3.8) is 0 Å². The van der Waals surface area contributed by atoms with E-state index in [-0.39, 0.29) is 46.8 Å². The van der Waals surface area contributed by atoms with E-state index in [9.17, 15) is 19.5 Å². The lowest BCUT2D eigenvalue weighted by Crippen LogP contribution is -2.65. The molecule has 1 aliphatic heterocycles. The molecule has 8 atom stereocenters. The maximum absolute atomic E-state index is 14.3. The molecule has 0 aromatic heterocycles. The molecule has 7 rings (SSSR count). The second-order valence-electron chi connectivity index (χ2n) is 13.2. The molecule has 2 bridgehead atoms. The molecular weight excluding hydrogens is 466 g/mol. The number of rotatable bonds is 4. The third-order valence-electron chi connectivity index (χ3n) is 11.5. The van der Waals surface area contributed by atoms with Crippen LogP contribution in [0.3, 0.4) is 0 Å². The van der Waals surface area contributed by atoms with Gasteiger partial charge in [-0.3, -0.25) is 19.3 Å². The first-order valence-corrected chi connectivity index (χ1v) is 14.0. The van der Waals surface area contributed by atoms with Crippen molar-refractivity contribution in [1.29, 1.82) is 0 Å². The highest BCUT2D eigenvalue weighted by Gasteiger charge is 2.73. The second-order valence-corrected chi connectivity index (χ2v) is 13.2. The predicted octanol–water partition coefficient (Wildman–Crippen LogP) is 5.71. The average molecular weight is 506 g/mol. The second kappa shape index (κ2) is 7.94. The molecule has 0 unspecified atom stereocenters. The first kappa shape index (κ1) is 24.7. The molecule has 1 spiro atoms. The van der Waals surface area contributed by atoms with Crippen molar-refractivity contribution in [3.8, 4) is 5.75 Å². The first-order chi connectivity index (χ1) is 17.5. The van der Waals surface area contributed by atoms with Gasteiger partial charge in [-0.05, 0) is 92.4 Å². The number of anilines is 1. The molecule has 5 aliphatic carbocycles. The molecule has 198 valence electrons. The van der Waals surface area contributed by atoms with Crippen molar-refractivity contribution in [2.24, 2.45) is 51.8 Å². The van der Waals surface area contributed by atoms with Crippen molar-refractivity contribution in [2.45, 2.75) is 66.2 Å². The van der Waals surface area contributed by atoms with E-state index in [0.717, 1.165) is 32.1 Å². The van der Waals surface area contributed by atoms with Gasteiger partial charge in [0.05, 0.1) is 30.0 Å². The number of allylic oxidation sites excluding steroid dienone is 2. The number of methoxy groups -OCH3 is 1.